The van der Waals surface area contributed by atoms with E-state index < -0.39 is 0 Å². The first-order valence-corrected chi connectivity index (χ1v) is 15.4. The van der Waals surface area contributed by atoms with Crippen molar-refractivity contribution in [2.24, 2.45) is 5.92 Å². The van der Waals surface area contributed by atoms with Crippen LogP contribution in [0.3, 0.4) is 0 Å². The topological polar surface area (TPSA) is 0 Å². The van der Waals surface area contributed by atoms with Gasteiger partial charge in [0.25, 0.3) is 0 Å². The maximum absolute atomic E-state index is 2.60. The second kappa shape index (κ2) is 12.7. The Morgan fingerprint density at radius 3 is 1.67 bits per heavy atom. The summed E-state index contributed by atoms with van der Waals surface area (Å²) in [4.78, 5) is 0. The Morgan fingerprint density at radius 2 is 1.23 bits per heavy atom. The van der Waals surface area contributed by atoms with E-state index in [4.69, 9.17) is 0 Å². The van der Waals surface area contributed by atoms with Gasteiger partial charge in [-0.15, -0.1) is 0 Å². The third-order valence-corrected chi connectivity index (χ3v) is 13.8. The van der Waals surface area contributed by atoms with Crippen molar-refractivity contribution in [3.8, 4) is 0 Å². The molecule has 2 aliphatic carbocycles. The second-order valence-electron chi connectivity index (χ2n) is 11.3. The van der Waals surface area contributed by atoms with Gasteiger partial charge in [-0.2, -0.15) is 0 Å². The Labute approximate surface area is 202 Å². The first-order chi connectivity index (χ1) is 13.5. The van der Waals surface area contributed by atoms with Gasteiger partial charge in [0.15, 0.2) is 0 Å². The fourth-order valence-electron chi connectivity index (χ4n) is 6.17. The maximum Gasteiger partial charge on any atom is 0 e. The third-order valence-electron chi connectivity index (χ3n) is 6.91. The van der Waals surface area contributed by atoms with Crippen LogP contribution in [0.15, 0.2) is 30.3 Å². The van der Waals surface area contributed by atoms with E-state index in [2.05, 4.69) is 85.5 Å². The van der Waals surface area contributed by atoms with Gasteiger partial charge in [0.1, 0.15) is 0 Å². The number of hydrogen-bond acceptors (Lipinski definition) is 0. The van der Waals surface area contributed by atoms with Crippen molar-refractivity contribution in [2.45, 2.75) is 121 Å². The van der Waals surface area contributed by atoms with Gasteiger partial charge in [0, 0.05) is 17.1 Å². The van der Waals surface area contributed by atoms with E-state index in [1.807, 2.05) is 0 Å². The zero-order chi connectivity index (χ0) is 21.7. The van der Waals surface area contributed by atoms with Crippen molar-refractivity contribution in [3.05, 3.63) is 30.3 Å². The molecule has 0 spiro atoms. The van der Waals surface area contributed by atoms with E-state index in [0.29, 0.717) is 10.3 Å². The Bertz CT molecular complexity index is 562. The standard InChI is InChI=1S/C22H38P2.C5H10.Fe/c1-17(24(21(2,3)4)22(5,6)7)19-15-12-16-20(19)23(8)18-13-10-9-11-14-18;1-2-4-5-3-1;/h9-11,13-14,17,19-20H,12,15-16H2,1-8H3;1-5H2;/t17-,19?,20?,23?;;/m1../s1. The summed E-state index contributed by atoms with van der Waals surface area (Å²) in [5.41, 5.74) is 1.79. The molecule has 4 atom stereocenters. The Balaban J connectivity index is 0.000000655. The molecule has 0 bridgehead atoms. The molecule has 0 nitrogen and oxygen atoms in total. The molecular weight excluding hydrogens is 442 g/mol. The van der Waals surface area contributed by atoms with Gasteiger partial charge < -0.3 is 0 Å². The summed E-state index contributed by atoms with van der Waals surface area (Å²) in [6.07, 6.45) is 11.8. The molecule has 0 radical (unpaired) electrons. The van der Waals surface area contributed by atoms with Crippen LogP contribution < -0.4 is 5.30 Å². The fourth-order valence-corrected chi connectivity index (χ4v) is 14.1. The number of rotatable bonds is 4. The molecule has 0 aliphatic heterocycles. The number of hydrogen-bond donors (Lipinski definition) is 0. The van der Waals surface area contributed by atoms with E-state index in [0.717, 1.165) is 17.2 Å². The minimum Gasteiger partial charge on any atom is -0.0924 e. The predicted molar refractivity (Wildman–Crippen MR) is 139 cm³/mol. The molecule has 2 aliphatic rings. The van der Waals surface area contributed by atoms with Crippen molar-refractivity contribution >= 4 is 21.1 Å². The summed E-state index contributed by atoms with van der Waals surface area (Å²) in [5.74, 6) is 0.922. The molecule has 2 fully saturated rings. The largest absolute Gasteiger partial charge is 0.0924 e. The minimum atomic E-state index is -0.0347. The zero-order valence-electron chi connectivity index (χ0n) is 21.0. The summed E-state index contributed by atoms with van der Waals surface area (Å²) in [7, 11) is -0.0596. The van der Waals surface area contributed by atoms with E-state index in [-0.39, 0.29) is 32.9 Å². The maximum atomic E-state index is 2.60. The first kappa shape index (κ1) is 28.6. The molecule has 3 unspecified atom stereocenters. The van der Waals surface area contributed by atoms with Gasteiger partial charge in [0.05, 0.1) is 0 Å². The quantitative estimate of drug-likeness (QED) is 0.292. The summed E-state index contributed by atoms with van der Waals surface area (Å²) in [5, 5.41) is 2.47. The summed E-state index contributed by atoms with van der Waals surface area (Å²) in [6.45, 7) is 20.0. The molecule has 3 heteroatoms. The molecule has 174 valence electrons. The molecule has 0 heterocycles. The van der Waals surface area contributed by atoms with Crippen LogP contribution in [-0.2, 0) is 17.1 Å². The molecule has 0 N–H and O–H groups in total. The van der Waals surface area contributed by atoms with Crippen LogP contribution in [0.5, 0.6) is 0 Å². The molecular formula is C27H48FeP2. The normalized spacial score (nSPS) is 24.0. The monoisotopic (exact) mass is 490 g/mol. The van der Waals surface area contributed by atoms with Crippen LogP contribution in [-0.4, -0.2) is 28.3 Å². The summed E-state index contributed by atoms with van der Waals surface area (Å²) >= 11 is 0. The van der Waals surface area contributed by atoms with Crippen LogP contribution in [0.1, 0.15) is 99.8 Å². The molecule has 0 saturated heterocycles. The van der Waals surface area contributed by atoms with Gasteiger partial charge in [-0.1, -0.05) is 133 Å². The minimum absolute atomic E-state index is 0. The fraction of sp³-hybridized carbons (Fsp3) is 0.778. The van der Waals surface area contributed by atoms with E-state index >= 15 is 0 Å². The molecule has 1 aromatic carbocycles. The van der Waals surface area contributed by atoms with Crippen LogP contribution in [0, 0.1) is 5.92 Å². The van der Waals surface area contributed by atoms with Crippen LogP contribution >= 0.6 is 15.8 Å². The van der Waals surface area contributed by atoms with E-state index in [1.54, 1.807) is 5.30 Å². The Morgan fingerprint density at radius 1 is 0.767 bits per heavy atom. The summed E-state index contributed by atoms with van der Waals surface area (Å²) in [6, 6.07) is 11.3. The smallest absolute Gasteiger partial charge is 0 e. The van der Waals surface area contributed by atoms with Crippen molar-refractivity contribution in [2.75, 3.05) is 6.66 Å². The Kier molecular flexibility index (Phi) is 12.2. The van der Waals surface area contributed by atoms with Gasteiger partial charge in [-0.05, 0) is 52.4 Å². The molecule has 1 aromatic rings. The number of benzene rings is 1. The average Bonchev–Trinajstić information content (AvgIpc) is 3.33. The van der Waals surface area contributed by atoms with E-state index in [9.17, 15) is 0 Å². The van der Waals surface area contributed by atoms with Gasteiger partial charge in [0.2, 0.25) is 0 Å². The third kappa shape index (κ3) is 8.18. The SMILES string of the molecule is C1CCCC1.C[C@H](C1CCCC1P(C)c1ccccc1)P(C(C)(C)C)C(C)(C)C.[Fe]. The van der Waals surface area contributed by atoms with Crippen molar-refractivity contribution in [1.29, 1.82) is 0 Å². The second-order valence-corrected chi connectivity index (χ2v) is 18.0. The molecule has 0 amide bonds. The van der Waals surface area contributed by atoms with E-state index in [1.165, 1.54) is 51.4 Å². The van der Waals surface area contributed by atoms with Gasteiger partial charge >= 0.3 is 0 Å². The Hall–Kier alpha value is 0.599. The average molecular weight is 490 g/mol. The van der Waals surface area contributed by atoms with Crippen molar-refractivity contribution in [3.63, 3.8) is 0 Å². The van der Waals surface area contributed by atoms with Gasteiger partial charge in [-0.25, -0.2) is 0 Å². The molecule has 3 rings (SSSR count). The summed E-state index contributed by atoms with van der Waals surface area (Å²) < 4.78 is 0. The molecule has 30 heavy (non-hydrogen) atoms. The van der Waals surface area contributed by atoms with Crippen LogP contribution in [0.25, 0.3) is 0 Å². The van der Waals surface area contributed by atoms with Crippen molar-refractivity contribution < 1.29 is 17.1 Å². The zero-order valence-corrected chi connectivity index (χ0v) is 23.9. The van der Waals surface area contributed by atoms with Crippen molar-refractivity contribution in [1.82, 2.24) is 0 Å². The van der Waals surface area contributed by atoms with Crippen LogP contribution in [0.2, 0.25) is 0 Å². The first-order valence-electron chi connectivity index (χ1n) is 12.1. The van der Waals surface area contributed by atoms with Crippen LogP contribution in [0.4, 0.5) is 0 Å². The van der Waals surface area contributed by atoms with Gasteiger partial charge in [-0.3, -0.25) is 0 Å². The molecule has 0 aromatic heterocycles. The molecule has 2 saturated carbocycles. The predicted octanol–water partition coefficient (Wildman–Crippen LogP) is 9.01.